The molecule has 0 aliphatic carbocycles. The summed E-state index contributed by atoms with van der Waals surface area (Å²) in [6.07, 6.45) is 1.44. The van der Waals surface area contributed by atoms with Gasteiger partial charge in [-0.3, -0.25) is 14.0 Å². The summed E-state index contributed by atoms with van der Waals surface area (Å²) < 4.78 is 12.4. The van der Waals surface area contributed by atoms with Crippen LogP contribution in [0, 0.1) is 6.92 Å². The Labute approximate surface area is 157 Å². The molecule has 0 unspecified atom stereocenters. The monoisotopic (exact) mass is 381 g/mol. The number of hydrogen-bond donors (Lipinski definition) is 1. The normalized spacial score (nSPS) is 10.9. The average molecular weight is 381 g/mol. The molecule has 4 aromatic rings. The fraction of sp³-hybridized carbons (Fsp3) is 0.105. The number of aromatic nitrogens is 2. The summed E-state index contributed by atoms with van der Waals surface area (Å²) >= 11 is 1.41. The molecule has 0 saturated carbocycles. The van der Waals surface area contributed by atoms with Gasteiger partial charge in [-0.1, -0.05) is 6.07 Å². The van der Waals surface area contributed by atoms with Crippen LogP contribution in [-0.2, 0) is 6.61 Å². The first-order valence-corrected chi connectivity index (χ1v) is 9.02. The Balaban J connectivity index is 1.47. The minimum Gasteiger partial charge on any atom is -0.487 e. The molecule has 3 aromatic heterocycles. The second-order valence-corrected chi connectivity index (χ2v) is 6.67. The van der Waals surface area contributed by atoms with Gasteiger partial charge in [0.2, 0.25) is 0 Å². The van der Waals surface area contributed by atoms with E-state index in [0.717, 1.165) is 5.69 Å². The SMILES string of the molecule is Cc1csc2nc(COc3cccc(NC(=O)c4ccco4)c3)cc(=O)n12. The summed E-state index contributed by atoms with van der Waals surface area (Å²) in [6, 6.07) is 11.7. The predicted octanol–water partition coefficient (Wildman–Crippen LogP) is 3.49. The van der Waals surface area contributed by atoms with Crippen LogP contribution in [0.1, 0.15) is 21.9 Å². The van der Waals surface area contributed by atoms with Crippen LogP contribution >= 0.6 is 11.3 Å². The maximum absolute atomic E-state index is 12.2. The molecule has 8 heteroatoms. The van der Waals surface area contributed by atoms with Gasteiger partial charge >= 0.3 is 0 Å². The molecule has 4 rings (SSSR count). The second kappa shape index (κ2) is 7.08. The number of benzene rings is 1. The topological polar surface area (TPSA) is 85.8 Å². The van der Waals surface area contributed by atoms with E-state index in [1.165, 1.54) is 23.7 Å². The van der Waals surface area contributed by atoms with Crippen molar-refractivity contribution in [2.24, 2.45) is 0 Å². The maximum atomic E-state index is 12.2. The van der Waals surface area contributed by atoms with Gasteiger partial charge in [0.1, 0.15) is 12.4 Å². The van der Waals surface area contributed by atoms with E-state index >= 15 is 0 Å². The van der Waals surface area contributed by atoms with E-state index in [-0.39, 0.29) is 23.8 Å². The first-order valence-electron chi connectivity index (χ1n) is 8.15. The van der Waals surface area contributed by atoms with Crippen LogP contribution in [0.15, 0.2) is 63.3 Å². The van der Waals surface area contributed by atoms with E-state index in [4.69, 9.17) is 9.15 Å². The zero-order chi connectivity index (χ0) is 18.8. The Hall–Kier alpha value is -3.39. The summed E-state index contributed by atoms with van der Waals surface area (Å²) in [4.78, 5) is 29.3. The molecule has 136 valence electrons. The van der Waals surface area contributed by atoms with Gasteiger partial charge in [0.15, 0.2) is 10.7 Å². The number of carbonyl (C=O) groups excluding carboxylic acids is 1. The number of amides is 1. The molecule has 0 saturated heterocycles. The average Bonchev–Trinajstić information content (AvgIpc) is 3.31. The van der Waals surface area contributed by atoms with Gasteiger partial charge in [0, 0.05) is 28.9 Å². The molecule has 1 amide bonds. The number of hydrogen-bond acceptors (Lipinski definition) is 6. The summed E-state index contributed by atoms with van der Waals surface area (Å²) in [7, 11) is 0. The molecule has 7 nitrogen and oxygen atoms in total. The van der Waals surface area contributed by atoms with Gasteiger partial charge < -0.3 is 14.5 Å². The summed E-state index contributed by atoms with van der Waals surface area (Å²) in [6.45, 7) is 2.02. The molecule has 27 heavy (non-hydrogen) atoms. The second-order valence-electron chi connectivity index (χ2n) is 5.83. The van der Waals surface area contributed by atoms with Gasteiger partial charge in [0.05, 0.1) is 12.0 Å². The highest BCUT2D eigenvalue weighted by atomic mass is 32.1. The van der Waals surface area contributed by atoms with Crippen LogP contribution in [0.2, 0.25) is 0 Å². The lowest BCUT2D eigenvalue weighted by molar-refractivity contribution is 0.0996. The number of carbonyl (C=O) groups is 1. The van der Waals surface area contributed by atoms with Crippen LogP contribution in [0.25, 0.3) is 4.96 Å². The Morgan fingerprint density at radius 1 is 1.30 bits per heavy atom. The summed E-state index contributed by atoms with van der Waals surface area (Å²) in [5.41, 5.74) is 1.86. The Kier molecular flexibility index (Phi) is 4.47. The van der Waals surface area contributed by atoms with Crippen molar-refractivity contribution in [3.63, 3.8) is 0 Å². The zero-order valence-electron chi connectivity index (χ0n) is 14.3. The van der Waals surface area contributed by atoms with Crippen LogP contribution in [-0.4, -0.2) is 15.3 Å². The molecular formula is C19H15N3O4S. The summed E-state index contributed by atoms with van der Waals surface area (Å²) in [5.74, 6) is 0.437. The fourth-order valence-electron chi connectivity index (χ4n) is 2.60. The third kappa shape index (κ3) is 3.61. The smallest absolute Gasteiger partial charge is 0.291 e. The number of ether oxygens (including phenoxy) is 1. The van der Waals surface area contributed by atoms with Gasteiger partial charge in [-0.25, -0.2) is 4.98 Å². The minimum absolute atomic E-state index is 0.128. The lowest BCUT2D eigenvalue weighted by Crippen LogP contribution is -2.16. The minimum atomic E-state index is -0.342. The molecule has 0 fully saturated rings. The molecule has 0 aliphatic heterocycles. The van der Waals surface area contributed by atoms with E-state index in [2.05, 4.69) is 10.3 Å². The first-order chi connectivity index (χ1) is 13.1. The maximum Gasteiger partial charge on any atom is 0.291 e. The number of furan rings is 1. The molecule has 0 spiro atoms. The number of nitrogens with one attached hydrogen (secondary N) is 1. The van der Waals surface area contributed by atoms with Crippen LogP contribution < -0.4 is 15.6 Å². The number of aryl methyl sites for hydroxylation is 1. The van der Waals surface area contributed by atoms with Crippen molar-refractivity contribution in [1.29, 1.82) is 0 Å². The largest absolute Gasteiger partial charge is 0.487 e. The van der Waals surface area contributed by atoms with Gasteiger partial charge in [-0.05, 0) is 31.2 Å². The number of fused-ring (bicyclic) bond motifs is 1. The van der Waals surface area contributed by atoms with Crippen molar-refractivity contribution in [3.8, 4) is 5.75 Å². The lowest BCUT2D eigenvalue weighted by Gasteiger charge is -2.08. The molecule has 1 aromatic carbocycles. The van der Waals surface area contributed by atoms with Crippen molar-refractivity contribution in [3.05, 3.63) is 81.6 Å². The van der Waals surface area contributed by atoms with Crippen molar-refractivity contribution >= 4 is 27.9 Å². The molecule has 3 heterocycles. The highest BCUT2D eigenvalue weighted by Crippen LogP contribution is 2.19. The molecule has 1 N–H and O–H groups in total. The Morgan fingerprint density at radius 3 is 3.00 bits per heavy atom. The van der Waals surface area contributed by atoms with E-state index in [0.29, 0.717) is 22.1 Å². The fourth-order valence-corrected chi connectivity index (χ4v) is 3.49. The first kappa shape index (κ1) is 17.0. The Bertz CT molecular complexity index is 1160. The van der Waals surface area contributed by atoms with E-state index in [1.807, 2.05) is 12.3 Å². The highest BCUT2D eigenvalue weighted by Gasteiger charge is 2.10. The van der Waals surface area contributed by atoms with Crippen LogP contribution in [0.4, 0.5) is 5.69 Å². The van der Waals surface area contributed by atoms with Crippen LogP contribution in [0.3, 0.4) is 0 Å². The van der Waals surface area contributed by atoms with Crippen molar-refractivity contribution in [2.75, 3.05) is 5.32 Å². The Morgan fingerprint density at radius 2 is 2.19 bits per heavy atom. The van der Waals surface area contributed by atoms with E-state index in [9.17, 15) is 9.59 Å². The standard InChI is InChI=1S/C19H15N3O4S/c1-12-11-27-19-21-14(9-17(23)22(12)19)10-26-15-5-2-4-13(8-15)20-18(24)16-6-3-7-25-16/h2-9,11H,10H2,1H3,(H,20,24). The van der Waals surface area contributed by atoms with E-state index in [1.54, 1.807) is 40.8 Å². The zero-order valence-corrected chi connectivity index (χ0v) is 15.2. The van der Waals surface area contributed by atoms with Gasteiger partial charge in [0.25, 0.3) is 11.5 Å². The number of thiazole rings is 1. The van der Waals surface area contributed by atoms with Crippen molar-refractivity contribution in [2.45, 2.75) is 13.5 Å². The quantitative estimate of drug-likeness (QED) is 0.572. The molecule has 0 radical (unpaired) electrons. The third-order valence-electron chi connectivity index (χ3n) is 3.85. The van der Waals surface area contributed by atoms with E-state index < -0.39 is 0 Å². The molecular weight excluding hydrogens is 366 g/mol. The van der Waals surface area contributed by atoms with Crippen molar-refractivity contribution < 1.29 is 13.9 Å². The molecule has 0 atom stereocenters. The van der Waals surface area contributed by atoms with Gasteiger partial charge in [-0.2, -0.15) is 0 Å². The highest BCUT2D eigenvalue weighted by molar-refractivity contribution is 7.15. The number of rotatable bonds is 5. The molecule has 0 aliphatic rings. The molecule has 0 bridgehead atoms. The van der Waals surface area contributed by atoms with Crippen LogP contribution in [0.5, 0.6) is 5.75 Å². The van der Waals surface area contributed by atoms with Gasteiger partial charge in [-0.15, -0.1) is 11.3 Å². The third-order valence-corrected chi connectivity index (χ3v) is 4.80. The van der Waals surface area contributed by atoms with Crippen molar-refractivity contribution in [1.82, 2.24) is 9.38 Å². The number of nitrogens with zero attached hydrogens (tertiary/aromatic N) is 2. The number of anilines is 1. The predicted molar refractivity (Wildman–Crippen MR) is 102 cm³/mol. The lowest BCUT2D eigenvalue weighted by atomic mass is 10.3. The summed E-state index contributed by atoms with van der Waals surface area (Å²) in [5, 5.41) is 4.63.